The van der Waals surface area contributed by atoms with E-state index >= 15 is 0 Å². The van der Waals surface area contributed by atoms with Crippen LogP contribution in [0.3, 0.4) is 0 Å². The molecule has 2 fully saturated rings. The van der Waals surface area contributed by atoms with Crippen LogP contribution in [0, 0.1) is 0 Å². The number of hydrogen-bond acceptors (Lipinski definition) is 7. The van der Waals surface area contributed by atoms with E-state index in [4.69, 9.17) is 14.3 Å². The number of alkyl halides is 4. The Kier molecular flexibility index (Phi) is 8.60. The van der Waals surface area contributed by atoms with Gasteiger partial charge in [-0.3, -0.25) is 4.79 Å². The first-order valence-electron chi connectivity index (χ1n) is 12.0. The second-order valence-electron chi connectivity index (χ2n) is 8.97. The number of ether oxygens (including phenoxy) is 3. The summed E-state index contributed by atoms with van der Waals surface area (Å²) < 4.78 is 91.4. The van der Waals surface area contributed by atoms with Crippen molar-refractivity contribution in [3.63, 3.8) is 0 Å². The lowest BCUT2D eigenvalue weighted by atomic mass is 9.98. The molecule has 2 saturated heterocycles. The summed E-state index contributed by atoms with van der Waals surface area (Å²) in [6, 6.07) is 10.6. The maximum Gasteiger partial charge on any atom is 0.461 e. The number of carbonyl (C=O) groups excluding carboxylic acids is 1. The SMILES string of the molecule is O=C(NOC1CCCCO1)C1(S(=O)(=O)c2ccc(-c3ccc(OC(F)(F)C(F)F)cc3)cc2)CCOCC1. The van der Waals surface area contributed by atoms with E-state index in [9.17, 15) is 30.8 Å². The fourth-order valence-corrected chi connectivity index (χ4v) is 6.24. The number of halogens is 4. The zero-order chi connectivity index (χ0) is 27.4. The Morgan fingerprint density at radius 1 is 0.974 bits per heavy atom. The smallest absolute Gasteiger partial charge is 0.428 e. The standard InChI is InChI=1S/C25H27F4NO7S/c26-22(27)25(28,29)36-19-8-4-17(5-9-19)18-6-10-20(11-7-18)38(32,33)24(12-15-34-16-13-24)23(31)30-37-21-3-1-2-14-35-21/h4-11,21-22H,1-3,12-16H2,(H,30,31). The third-order valence-electron chi connectivity index (χ3n) is 6.51. The summed E-state index contributed by atoms with van der Waals surface area (Å²) in [5.74, 6) is -1.25. The lowest BCUT2D eigenvalue weighted by Gasteiger charge is -2.35. The van der Waals surface area contributed by atoms with Crippen molar-refractivity contribution in [3.8, 4) is 16.9 Å². The van der Waals surface area contributed by atoms with E-state index < -0.39 is 45.1 Å². The molecule has 0 aromatic heterocycles. The zero-order valence-corrected chi connectivity index (χ0v) is 21.0. The monoisotopic (exact) mass is 561 g/mol. The number of amides is 1. The maximum absolute atomic E-state index is 13.7. The van der Waals surface area contributed by atoms with Gasteiger partial charge < -0.3 is 14.2 Å². The molecular weight excluding hydrogens is 534 g/mol. The molecule has 2 heterocycles. The largest absolute Gasteiger partial charge is 0.461 e. The van der Waals surface area contributed by atoms with E-state index in [0.29, 0.717) is 24.2 Å². The van der Waals surface area contributed by atoms with Crippen LogP contribution < -0.4 is 10.2 Å². The Balaban J connectivity index is 1.51. The average molecular weight is 562 g/mol. The van der Waals surface area contributed by atoms with Crippen molar-refractivity contribution in [3.05, 3.63) is 48.5 Å². The molecule has 13 heteroatoms. The van der Waals surface area contributed by atoms with Crippen LogP contribution >= 0.6 is 0 Å². The highest BCUT2D eigenvalue weighted by Gasteiger charge is 2.52. The minimum Gasteiger partial charge on any atom is -0.428 e. The molecule has 1 N–H and O–H groups in total. The third-order valence-corrected chi connectivity index (χ3v) is 9.03. The fourth-order valence-electron chi connectivity index (χ4n) is 4.30. The van der Waals surface area contributed by atoms with E-state index in [0.717, 1.165) is 25.0 Å². The highest BCUT2D eigenvalue weighted by molar-refractivity contribution is 7.93. The van der Waals surface area contributed by atoms with E-state index in [1.807, 2.05) is 0 Å². The van der Waals surface area contributed by atoms with Gasteiger partial charge in [0.05, 0.1) is 4.90 Å². The van der Waals surface area contributed by atoms with Crippen molar-refractivity contribution in [2.45, 2.75) is 60.6 Å². The van der Waals surface area contributed by atoms with Gasteiger partial charge in [-0.1, -0.05) is 24.3 Å². The van der Waals surface area contributed by atoms with E-state index in [1.165, 1.54) is 36.4 Å². The Bertz CT molecular complexity index is 1200. The second-order valence-corrected chi connectivity index (χ2v) is 11.2. The molecule has 0 radical (unpaired) electrons. The minimum absolute atomic E-state index is 0.0669. The van der Waals surface area contributed by atoms with Gasteiger partial charge in [-0.05, 0) is 61.1 Å². The molecule has 0 bridgehead atoms. The molecule has 2 aliphatic rings. The van der Waals surface area contributed by atoms with Crippen LogP contribution in [-0.2, 0) is 28.9 Å². The van der Waals surface area contributed by atoms with E-state index in [-0.39, 0.29) is 31.0 Å². The fraction of sp³-hybridized carbons (Fsp3) is 0.480. The molecule has 1 amide bonds. The van der Waals surface area contributed by atoms with Gasteiger partial charge in [0.2, 0.25) is 0 Å². The predicted molar refractivity (Wildman–Crippen MR) is 126 cm³/mol. The van der Waals surface area contributed by atoms with Crippen molar-refractivity contribution in [2.75, 3.05) is 19.8 Å². The number of benzene rings is 2. The molecule has 4 rings (SSSR count). The van der Waals surface area contributed by atoms with Gasteiger partial charge in [0, 0.05) is 26.2 Å². The van der Waals surface area contributed by atoms with Gasteiger partial charge in [-0.2, -0.15) is 17.6 Å². The van der Waals surface area contributed by atoms with Crippen molar-refractivity contribution in [1.29, 1.82) is 0 Å². The average Bonchev–Trinajstić information content (AvgIpc) is 2.93. The highest BCUT2D eigenvalue weighted by Crippen LogP contribution is 2.36. The molecule has 208 valence electrons. The lowest BCUT2D eigenvalue weighted by Crippen LogP contribution is -2.56. The number of hydroxylamine groups is 1. The number of rotatable bonds is 9. The highest BCUT2D eigenvalue weighted by atomic mass is 32.2. The molecule has 2 aromatic rings. The second kappa shape index (κ2) is 11.6. The lowest BCUT2D eigenvalue weighted by molar-refractivity contribution is -0.253. The number of nitrogens with one attached hydrogen (secondary N) is 1. The first kappa shape index (κ1) is 28.3. The first-order valence-corrected chi connectivity index (χ1v) is 13.5. The van der Waals surface area contributed by atoms with Crippen LogP contribution in [0.5, 0.6) is 5.75 Å². The Hall–Kier alpha value is -2.74. The summed E-state index contributed by atoms with van der Waals surface area (Å²) in [7, 11) is -4.20. The maximum atomic E-state index is 13.7. The number of carbonyl (C=O) groups is 1. The molecule has 1 atom stereocenters. The van der Waals surface area contributed by atoms with Crippen LogP contribution in [0.2, 0.25) is 0 Å². The van der Waals surface area contributed by atoms with Gasteiger partial charge in [0.15, 0.2) is 20.9 Å². The topological polar surface area (TPSA) is 100 Å². The minimum atomic E-state index is -4.63. The first-order chi connectivity index (χ1) is 18.0. The van der Waals surface area contributed by atoms with Crippen molar-refractivity contribution >= 4 is 15.7 Å². The summed E-state index contributed by atoms with van der Waals surface area (Å²) in [5, 5.41) is 0. The Morgan fingerprint density at radius 3 is 2.13 bits per heavy atom. The molecule has 1 unspecified atom stereocenters. The summed E-state index contributed by atoms with van der Waals surface area (Å²) in [5.41, 5.74) is 3.32. The van der Waals surface area contributed by atoms with Gasteiger partial charge in [0.25, 0.3) is 5.91 Å². The number of sulfone groups is 1. The normalized spacial score (nSPS) is 20.2. The molecule has 38 heavy (non-hydrogen) atoms. The van der Waals surface area contributed by atoms with Crippen molar-refractivity contribution in [2.24, 2.45) is 0 Å². The third kappa shape index (κ3) is 5.95. The molecular formula is C25H27F4NO7S. The molecule has 8 nitrogen and oxygen atoms in total. The predicted octanol–water partition coefficient (Wildman–Crippen LogP) is 4.49. The van der Waals surface area contributed by atoms with Gasteiger partial charge in [0.1, 0.15) is 5.75 Å². The zero-order valence-electron chi connectivity index (χ0n) is 20.2. The van der Waals surface area contributed by atoms with E-state index in [2.05, 4.69) is 10.2 Å². The van der Waals surface area contributed by atoms with Gasteiger partial charge in [-0.15, -0.1) is 0 Å². The Morgan fingerprint density at radius 2 is 1.58 bits per heavy atom. The van der Waals surface area contributed by atoms with Crippen molar-refractivity contribution < 1.29 is 49.8 Å². The quantitative estimate of drug-likeness (QED) is 0.356. The van der Waals surface area contributed by atoms with Crippen LogP contribution in [0.1, 0.15) is 32.1 Å². The van der Waals surface area contributed by atoms with Crippen LogP contribution in [0.4, 0.5) is 17.6 Å². The summed E-state index contributed by atoms with van der Waals surface area (Å²) in [6.07, 6.45) is -7.07. The molecule has 0 spiro atoms. The molecule has 0 aliphatic carbocycles. The summed E-state index contributed by atoms with van der Waals surface area (Å²) >= 11 is 0. The summed E-state index contributed by atoms with van der Waals surface area (Å²) in [6.45, 7) is 0.634. The van der Waals surface area contributed by atoms with Crippen LogP contribution in [-0.4, -0.2) is 57.7 Å². The summed E-state index contributed by atoms with van der Waals surface area (Å²) in [4.78, 5) is 18.5. The molecule has 0 saturated carbocycles. The molecule has 2 aliphatic heterocycles. The van der Waals surface area contributed by atoms with E-state index in [1.54, 1.807) is 0 Å². The number of hydrogen-bond donors (Lipinski definition) is 1. The Labute approximate surface area is 217 Å². The van der Waals surface area contributed by atoms with Gasteiger partial charge in [-0.25, -0.2) is 18.7 Å². The van der Waals surface area contributed by atoms with Crippen LogP contribution in [0.15, 0.2) is 53.4 Å². The molecule has 2 aromatic carbocycles. The van der Waals surface area contributed by atoms with Gasteiger partial charge >= 0.3 is 12.5 Å². The van der Waals surface area contributed by atoms with Crippen LogP contribution in [0.25, 0.3) is 11.1 Å². The van der Waals surface area contributed by atoms with Crippen molar-refractivity contribution in [1.82, 2.24) is 5.48 Å².